The first-order valence-electron chi connectivity index (χ1n) is 9.90. The van der Waals surface area contributed by atoms with Crippen molar-refractivity contribution in [1.82, 2.24) is 10.2 Å². The molecule has 0 radical (unpaired) electrons. The number of nitrogens with zero attached hydrogens (tertiary/aromatic N) is 1. The van der Waals surface area contributed by atoms with Crippen molar-refractivity contribution in [3.8, 4) is 0 Å². The minimum Gasteiger partial charge on any atom is -0.481 e. The van der Waals surface area contributed by atoms with Gasteiger partial charge in [-0.15, -0.1) is 0 Å². The Kier molecular flexibility index (Phi) is 8.40. The SMILES string of the molecule is CCN(CC)C(=O)c1ccc(C(=O)NC(CCC(=O)O)Cc2ccccc2)cc1. The molecule has 0 saturated carbocycles. The summed E-state index contributed by atoms with van der Waals surface area (Å²) in [7, 11) is 0. The van der Waals surface area contributed by atoms with Crippen molar-refractivity contribution in [2.45, 2.75) is 39.2 Å². The zero-order chi connectivity index (χ0) is 21.2. The summed E-state index contributed by atoms with van der Waals surface area (Å²) in [5, 5.41) is 11.9. The minimum absolute atomic E-state index is 0.0188. The van der Waals surface area contributed by atoms with Crippen LogP contribution in [0.2, 0.25) is 0 Å². The molecule has 2 amide bonds. The Morgan fingerprint density at radius 2 is 1.52 bits per heavy atom. The quantitative estimate of drug-likeness (QED) is 0.645. The van der Waals surface area contributed by atoms with Gasteiger partial charge in [-0.1, -0.05) is 30.3 Å². The topological polar surface area (TPSA) is 86.7 Å². The Bertz CT molecular complexity index is 815. The van der Waals surface area contributed by atoms with Crippen LogP contribution in [0.4, 0.5) is 0 Å². The molecule has 1 atom stereocenters. The number of rotatable bonds is 10. The fraction of sp³-hybridized carbons (Fsp3) is 0.348. The molecule has 1 unspecified atom stereocenters. The van der Waals surface area contributed by atoms with Gasteiger partial charge in [-0.05, 0) is 56.5 Å². The van der Waals surface area contributed by atoms with Crippen molar-refractivity contribution in [3.05, 3.63) is 71.3 Å². The van der Waals surface area contributed by atoms with Crippen LogP contribution in [-0.2, 0) is 11.2 Å². The number of carboxylic acid groups (broad SMARTS) is 1. The molecule has 29 heavy (non-hydrogen) atoms. The lowest BCUT2D eigenvalue weighted by molar-refractivity contribution is -0.137. The van der Waals surface area contributed by atoms with Gasteiger partial charge in [0.1, 0.15) is 0 Å². The average molecular weight is 396 g/mol. The van der Waals surface area contributed by atoms with Crippen LogP contribution in [0.1, 0.15) is 53.0 Å². The summed E-state index contributed by atoms with van der Waals surface area (Å²) in [6.45, 7) is 5.10. The number of carboxylic acids is 1. The van der Waals surface area contributed by atoms with Crippen molar-refractivity contribution in [3.63, 3.8) is 0 Å². The van der Waals surface area contributed by atoms with E-state index in [1.54, 1.807) is 29.2 Å². The van der Waals surface area contributed by atoms with Gasteiger partial charge in [0.05, 0.1) is 0 Å². The van der Waals surface area contributed by atoms with Gasteiger partial charge < -0.3 is 15.3 Å². The summed E-state index contributed by atoms with van der Waals surface area (Å²) in [5.41, 5.74) is 2.01. The van der Waals surface area contributed by atoms with E-state index >= 15 is 0 Å². The number of benzene rings is 2. The summed E-state index contributed by atoms with van der Waals surface area (Å²) in [6.07, 6.45) is 0.877. The fourth-order valence-corrected chi connectivity index (χ4v) is 3.15. The van der Waals surface area contributed by atoms with Gasteiger partial charge in [-0.2, -0.15) is 0 Å². The molecule has 2 rings (SSSR count). The lowest BCUT2D eigenvalue weighted by atomic mass is 10.0. The van der Waals surface area contributed by atoms with Crippen molar-refractivity contribution in [1.29, 1.82) is 0 Å². The maximum atomic E-state index is 12.7. The van der Waals surface area contributed by atoms with Gasteiger partial charge >= 0.3 is 5.97 Å². The van der Waals surface area contributed by atoms with Crippen LogP contribution in [0.25, 0.3) is 0 Å². The zero-order valence-corrected chi connectivity index (χ0v) is 16.9. The maximum Gasteiger partial charge on any atom is 0.303 e. The smallest absolute Gasteiger partial charge is 0.303 e. The fourth-order valence-electron chi connectivity index (χ4n) is 3.15. The Labute approximate surface area is 171 Å². The molecule has 6 nitrogen and oxygen atoms in total. The van der Waals surface area contributed by atoms with Crippen molar-refractivity contribution in [2.24, 2.45) is 0 Å². The number of carbonyl (C=O) groups is 3. The Morgan fingerprint density at radius 3 is 2.07 bits per heavy atom. The van der Waals surface area contributed by atoms with E-state index in [9.17, 15) is 14.4 Å². The number of carbonyl (C=O) groups excluding carboxylic acids is 2. The molecule has 6 heteroatoms. The predicted molar refractivity (Wildman–Crippen MR) is 112 cm³/mol. The van der Waals surface area contributed by atoms with Gasteiger partial charge in [0.2, 0.25) is 0 Å². The normalized spacial score (nSPS) is 11.5. The van der Waals surface area contributed by atoms with Crippen molar-refractivity contribution in [2.75, 3.05) is 13.1 Å². The summed E-state index contributed by atoms with van der Waals surface area (Å²) < 4.78 is 0. The van der Waals surface area contributed by atoms with E-state index in [1.165, 1.54) is 0 Å². The third-order valence-corrected chi connectivity index (χ3v) is 4.81. The Balaban J connectivity index is 2.07. The molecule has 2 aromatic carbocycles. The summed E-state index contributed by atoms with van der Waals surface area (Å²) in [5.74, 6) is -1.24. The molecule has 0 fully saturated rings. The van der Waals surface area contributed by atoms with Gasteiger partial charge in [0.15, 0.2) is 0 Å². The molecular formula is C23H28N2O4. The zero-order valence-electron chi connectivity index (χ0n) is 16.9. The third kappa shape index (κ3) is 6.75. The molecule has 0 aliphatic heterocycles. The van der Waals surface area contributed by atoms with E-state index in [0.29, 0.717) is 37.1 Å². The molecule has 0 heterocycles. The molecule has 2 N–H and O–H groups in total. The first-order chi connectivity index (χ1) is 13.9. The van der Waals surface area contributed by atoms with Crippen LogP contribution in [0.3, 0.4) is 0 Å². The Morgan fingerprint density at radius 1 is 0.931 bits per heavy atom. The number of aliphatic carboxylic acids is 1. The summed E-state index contributed by atoms with van der Waals surface area (Å²) in [4.78, 5) is 37.7. The molecular weight excluding hydrogens is 368 g/mol. The standard InChI is InChI=1S/C23H28N2O4/c1-3-25(4-2)23(29)19-12-10-18(11-13-19)22(28)24-20(14-15-21(26)27)16-17-8-6-5-7-9-17/h5-13,20H,3-4,14-16H2,1-2H3,(H,24,28)(H,26,27). The third-order valence-electron chi connectivity index (χ3n) is 4.81. The molecule has 0 saturated heterocycles. The van der Waals surface area contributed by atoms with Gasteiger partial charge in [0, 0.05) is 36.7 Å². The van der Waals surface area contributed by atoms with Gasteiger partial charge in [0.25, 0.3) is 11.8 Å². The van der Waals surface area contributed by atoms with E-state index in [1.807, 2.05) is 44.2 Å². The van der Waals surface area contributed by atoms with Crippen LogP contribution >= 0.6 is 0 Å². The lowest BCUT2D eigenvalue weighted by Crippen LogP contribution is -2.37. The second kappa shape index (κ2) is 11.0. The first-order valence-corrected chi connectivity index (χ1v) is 9.90. The van der Waals surface area contributed by atoms with E-state index in [0.717, 1.165) is 5.56 Å². The van der Waals surface area contributed by atoms with Crippen LogP contribution in [0, 0.1) is 0 Å². The second-order valence-electron chi connectivity index (χ2n) is 6.85. The lowest BCUT2D eigenvalue weighted by Gasteiger charge is -2.19. The highest BCUT2D eigenvalue weighted by atomic mass is 16.4. The monoisotopic (exact) mass is 396 g/mol. The van der Waals surface area contributed by atoms with E-state index in [4.69, 9.17) is 5.11 Å². The molecule has 0 aliphatic rings. The largest absolute Gasteiger partial charge is 0.481 e. The number of hydrogen-bond acceptors (Lipinski definition) is 3. The molecule has 2 aromatic rings. The molecule has 0 spiro atoms. The van der Waals surface area contributed by atoms with Crippen LogP contribution in [0.15, 0.2) is 54.6 Å². The second-order valence-corrected chi connectivity index (χ2v) is 6.85. The van der Waals surface area contributed by atoms with Crippen LogP contribution in [0.5, 0.6) is 0 Å². The first kappa shape index (κ1) is 22.1. The highest BCUT2D eigenvalue weighted by Gasteiger charge is 2.17. The highest BCUT2D eigenvalue weighted by Crippen LogP contribution is 2.11. The van der Waals surface area contributed by atoms with Gasteiger partial charge in [-0.3, -0.25) is 14.4 Å². The predicted octanol–water partition coefficient (Wildman–Crippen LogP) is 3.37. The van der Waals surface area contributed by atoms with E-state index in [-0.39, 0.29) is 24.3 Å². The number of nitrogens with one attached hydrogen (secondary N) is 1. The number of hydrogen-bond donors (Lipinski definition) is 2. The molecule has 0 aliphatic carbocycles. The minimum atomic E-state index is -0.892. The Hall–Kier alpha value is -3.15. The number of amides is 2. The molecule has 0 aromatic heterocycles. The average Bonchev–Trinajstić information content (AvgIpc) is 2.73. The summed E-state index contributed by atoms with van der Waals surface area (Å²) >= 11 is 0. The van der Waals surface area contributed by atoms with Crippen LogP contribution in [-0.4, -0.2) is 46.9 Å². The summed E-state index contributed by atoms with van der Waals surface area (Å²) in [6, 6.07) is 15.9. The highest BCUT2D eigenvalue weighted by molar-refractivity contribution is 5.98. The van der Waals surface area contributed by atoms with Crippen LogP contribution < -0.4 is 5.32 Å². The van der Waals surface area contributed by atoms with E-state index < -0.39 is 5.97 Å². The van der Waals surface area contributed by atoms with E-state index in [2.05, 4.69) is 5.32 Å². The molecule has 0 bridgehead atoms. The van der Waals surface area contributed by atoms with Crippen molar-refractivity contribution < 1.29 is 19.5 Å². The maximum absolute atomic E-state index is 12.7. The van der Waals surface area contributed by atoms with Gasteiger partial charge in [-0.25, -0.2) is 0 Å². The van der Waals surface area contributed by atoms with Crippen molar-refractivity contribution >= 4 is 17.8 Å². The molecule has 154 valence electrons.